The van der Waals surface area contributed by atoms with Gasteiger partial charge in [0.2, 0.25) is 0 Å². The second-order valence-electron chi connectivity index (χ2n) is 2.57. The first-order valence-corrected chi connectivity index (χ1v) is 4.01. The van der Waals surface area contributed by atoms with Crippen molar-refractivity contribution in [2.45, 2.75) is 26.2 Å². The molecule has 62 valence electrons. The average Bonchev–Trinajstić information content (AvgIpc) is 2.38. The zero-order valence-corrected chi connectivity index (χ0v) is 6.84. The highest BCUT2D eigenvalue weighted by molar-refractivity contribution is 5.05. The molecule has 3 heteroatoms. The van der Waals surface area contributed by atoms with Crippen LogP contribution in [0.5, 0.6) is 0 Å². The summed E-state index contributed by atoms with van der Waals surface area (Å²) in [6.45, 7) is 2.75. The zero-order valence-electron chi connectivity index (χ0n) is 6.84. The summed E-state index contributed by atoms with van der Waals surface area (Å²) in [6.07, 6.45) is 2.88. The summed E-state index contributed by atoms with van der Waals surface area (Å²) in [7, 11) is 0. The van der Waals surface area contributed by atoms with Gasteiger partial charge in [-0.3, -0.25) is 0 Å². The summed E-state index contributed by atoms with van der Waals surface area (Å²) in [5.74, 6) is 0.968. The lowest BCUT2D eigenvalue weighted by molar-refractivity contribution is 0.376. The normalized spacial score (nSPS) is 10.4. The van der Waals surface area contributed by atoms with E-state index in [2.05, 4.69) is 12.1 Å². The summed E-state index contributed by atoms with van der Waals surface area (Å²) < 4.78 is 5.05. The van der Waals surface area contributed by atoms with Crippen LogP contribution < -0.4 is 5.73 Å². The summed E-state index contributed by atoms with van der Waals surface area (Å²) in [4.78, 5) is 0. The molecule has 0 aromatic carbocycles. The minimum absolute atomic E-state index is 0.637. The van der Waals surface area contributed by atoms with Gasteiger partial charge in [0.15, 0.2) is 0 Å². The molecule has 0 bridgehead atoms. The molecule has 0 aliphatic heterocycles. The predicted molar refractivity (Wildman–Crippen MR) is 43.3 cm³/mol. The Morgan fingerprint density at radius 3 is 3.00 bits per heavy atom. The summed E-state index contributed by atoms with van der Waals surface area (Å²) in [5, 5.41) is 3.87. The smallest absolute Gasteiger partial charge is 0.136 e. The fourth-order valence-corrected chi connectivity index (χ4v) is 0.986. The Bertz CT molecular complexity index is 187. The van der Waals surface area contributed by atoms with Crippen molar-refractivity contribution in [3.05, 3.63) is 17.5 Å². The molecule has 3 nitrogen and oxygen atoms in total. The van der Waals surface area contributed by atoms with E-state index < -0.39 is 0 Å². The summed E-state index contributed by atoms with van der Waals surface area (Å²) in [6, 6.07) is 1.98. The molecule has 0 saturated carbocycles. The Balaban J connectivity index is 2.51. The van der Waals surface area contributed by atoms with Crippen molar-refractivity contribution < 1.29 is 4.52 Å². The number of hydrogen-bond acceptors (Lipinski definition) is 3. The first-order valence-electron chi connectivity index (χ1n) is 4.01. The lowest BCUT2D eigenvalue weighted by Gasteiger charge is -1.85. The second-order valence-corrected chi connectivity index (χ2v) is 2.57. The van der Waals surface area contributed by atoms with Crippen molar-refractivity contribution in [3.8, 4) is 0 Å². The van der Waals surface area contributed by atoms with Crippen molar-refractivity contribution in [2.75, 3.05) is 6.54 Å². The first kappa shape index (κ1) is 8.27. The fourth-order valence-electron chi connectivity index (χ4n) is 0.986. The van der Waals surface area contributed by atoms with Crippen LogP contribution in [0.1, 0.15) is 24.8 Å². The largest absolute Gasteiger partial charge is 0.361 e. The lowest BCUT2D eigenvalue weighted by Crippen LogP contribution is -2.02. The number of nitrogens with two attached hydrogens (primary N) is 1. The van der Waals surface area contributed by atoms with Gasteiger partial charge in [-0.25, -0.2) is 0 Å². The Morgan fingerprint density at radius 1 is 1.55 bits per heavy atom. The van der Waals surface area contributed by atoms with E-state index >= 15 is 0 Å². The van der Waals surface area contributed by atoms with Crippen LogP contribution in [0.2, 0.25) is 0 Å². The fraction of sp³-hybridized carbons (Fsp3) is 0.625. The van der Waals surface area contributed by atoms with Gasteiger partial charge in [-0.2, -0.15) is 0 Å². The van der Waals surface area contributed by atoms with Crippen LogP contribution in [-0.4, -0.2) is 11.7 Å². The molecule has 0 aliphatic carbocycles. The molecule has 0 spiro atoms. The number of aryl methyl sites for hydroxylation is 1. The molecule has 0 fully saturated rings. The third kappa shape index (κ3) is 2.35. The quantitative estimate of drug-likeness (QED) is 0.707. The van der Waals surface area contributed by atoms with E-state index in [0.29, 0.717) is 6.54 Å². The SMILES string of the molecule is CCCc1cc(CCN)no1. The highest BCUT2D eigenvalue weighted by Gasteiger charge is 2.00. The van der Waals surface area contributed by atoms with E-state index in [9.17, 15) is 0 Å². The van der Waals surface area contributed by atoms with Crippen LogP contribution in [0.4, 0.5) is 0 Å². The summed E-state index contributed by atoms with van der Waals surface area (Å²) in [5.41, 5.74) is 6.33. The standard InChI is InChI=1S/C8H14N2O/c1-2-3-8-6-7(4-5-9)10-11-8/h6H,2-5,9H2,1H3. The number of nitrogens with zero attached hydrogens (tertiary/aromatic N) is 1. The van der Waals surface area contributed by atoms with Gasteiger partial charge in [-0.1, -0.05) is 12.1 Å². The molecule has 0 amide bonds. The maximum Gasteiger partial charge on any atom is 0.136 e. The van der Waals surface area contributed by atoms with Crippen LogP contribution in [-0.2, 0) is 12.8 Å². The van der Waals surface area contributed by atoms with Crippen molar-refractivity contribution in [1.82, 2.24) is 5.16 Å². The van der Waals surface area contributed by atoms with E-state index in [1.54, 1.807) is 0 Å². The van der Waals surface area contributed by atoms with E-state index in [0.717, 1.165) is 30.7 Å². The predicted octanol–water partition coefficient (Wildman–Crippen LogP) is 1.13. The molecular formula is C8H14N2O. The van der Waals surface area contributed by atoms with Crippen molar-refractivity contribution in [3.63, 3.8) is 0 Å². The van der Waals surface area contributed by atoms with Crippen LogP contribution in [0.25, 0.3) is 0 Å². The van der Waals surface area contributed by atoms with Crippen molar-refractivity contribution >= 4 is 0 Å². The molecular weight excluding hydrogens is 140 g/mol. The molecule has 0 radical (unpaired) electrons. The zero-order chi connectivity index (χ0) is 8.10. The minimum atomic E-state index is 0.637. The number of aromatic nitrogens is 1. The summed E-state index contributed by atoms with van der Waals surface area (Å²) >= 11 is 0. The Hall–Kier alpha value is -0.830. The van der Waals surface area contributed by atoms with E-state index in [-0.39, 0.29) is 0 Å². The van der Waals surface area contributed by atoms with Crippen LogP contribution in [0, 0.1) is 0 Å². The molecule has 0 atom stereocenters. The van der Waals surface area contributed by atoms with Gasteiger partial charge in [0.25, 0.3) is 0 Å². The van der Waals surface area contributed by atoms with E-state index in [1.165, 1.54) is 0 Å². The highest BCUT2D eigenvalue weighted by Crippen LogP contribution is 2.05. The van der Waals surface area contributed by atoms with Gasteiger partial charge in [0, 0.05) is 18.9 Å². The Kier molecular flexibility index (Phi) is 3.11. The molecule has 11 heavy (non-hydrogen) atoms. The van der Waals surface area contributed by atoms with Crippen molar-refractivity contribution in [1.29, 1.82) is 0 Å². The monoisotopic (exact) mass is 154 g/mol. The maximum absolute atomic E-state index is 5.36. The van der Waals surface area contributed by atoms with Gasteiger partial charge < -0.3 is 10.3 Å². The molecule has 0 unspecified atom stereocenters. The molecule has 1 rings (SSSR count). The van der Waals surface area contributed by atoms with Gasteiger partial charge >= 0.3 is 0 Å². The molecule has 1 aromatic rings. The van der Waals surface area contributed by atoms with Gasteiger partial charge in [-0.05, 0) is 13.0 Å². The Morgan fingerprint density at radius 2 is 2.36 bits per heavy atom. The number of rotatable bonds is 4. The Labute approximate surface area is 66.6 Å². The van der Waals surface area contributed by atoms with E-state index in [1.807, 2.05) is 6.07 Å². The molecule has 0 aliphatic rings. The van der Waals surface area contributed by atoms with Crippen molar-refractivity contribution in [2.24, 2.45) is 5.73 Å². The lowest BCUT2D eigenvalue weighted by atomic mass is 10.2. The molecule has 1 aromatic heterocycles. The van der Waals surface area contributed by atoms with Gasteiger partial charge in [0.1, 0.15) is 5.76 Å². The minimum Gasteiger partial charge on any atom is -0.361 e. The van der Waals surface area contributed by atoms with Gasteiger partial charge in [-0.15, -0.1) is 0 Å². The second kappa shape index (κ2) is 4.13. The van der Waals surface area contributed by atoms with E-state index in [4.69, 9.17) is 10.3 Å². The maximum atomic E-state index is 5.36. The topological polar surface area (TPSA) is 52.0 Å². The third-order valence-corrected chi connectivity index (χ3v) is 1.50. The third-order valence-electron chi connectivity index (χ3n) is 1.50. The highest BCUT2D eigenvalue weighted by atomic mass is 16.5. The van der Waals surface area contributed by atoms with Crippen LogP contribution >= 0.6 is 0 Å². The average molecular weight is 154 g/mol. The molecule has 0 saturated heterocycles. The number of hydrogen-bond donors (Lipinski definition) is 1. The molecule has 2 N–H and O–H groups in total. The van der Waals surface area contributed by atoms with Gasteiger partial charge in [0.05, 0.1) is 5.69 Å². The molecule has 1 heterocycles. The van der Waals surface area contributed by atoms with Crippen LogP contribution in [0.15, 0.2) is 10.6 Å². The first-order chi connectivity index (χ1) is 5.36. The van der Waals surface area contributed by atoms with Crippen LogP contribution in [0.3, 0.4) is 0 Å².